The highest BCUT2D eigenvalue weighted by Crippen LogP contribution is 2.32. The summed E-state index contributed by atoms with van der Waals surface area (Å²) in [5, 5.41) is 2.93. The summed E-state index contributed by atoms with van der Waals surface area (Å²) in [6, 6.07) is 4.30. The number of nitrogens with two attached hydrogens (primary N) is 1. The van der Waals surface area contributed by atoms with E-state index in [1.807, 2.05) is 0 Å². The summed E-state index contributed by atoms with van der Waals surface area (Å²) in [4.78, 5) is 11.7. The Labute approximate surface area is 109 Å². The van der Waals surface area contributed by atoms with Gasteiger partial charge >= 0.3 is 0 Å². The fourth-order valence-electron chi connectivity index (χ4n) is 2.13. The zero-order chi connectivity index (χ0) is 13.3. The molecule has 1 aliphatic carbocycles. The molecule has 0 saturated heterocycles. The molecule has 0 atom stereocenters. The van der Waals surface area contributed by atoms with Crippen molar-refractivity contribution >= 4 is 5.91 Å². The van der Waals surface area contributed by atoms with Gasteiger partial charge in [0.15, 0.2) is 0 Å². The van der Waals surface area contributed by atoms with E-state index in [4.69, 9.17) is 5.73 Å². The minimum atomic E-state index is -0.557. The van der Waals surface area contributed by atoms with Crippen LogP contribution < -0.4 is 11.1 Å². The van der Waals surface area contributed by atoms with Crippen LogP contribution in [0.2, 0.25) is 0 Å². The van der Waals surface area contributed by atoms with Crippen LogP contribution in [0.4, 0.5) is 0 Å². The molecule has 3 heteroatoms. The van der Waals surface area contributed by atoms with Crippen molar-refractivity contribution in [3.05, 3.63) is 34.4 Å². The van der Waals surface area contributed by atoms with Gasteiger partial charge < -0.3 is 11.1 Å². The van der Waals surface area contributed by atoms with E-state index in [9.17, 15) is 4.79 Å². The van der Waals surface area contributed by atoms with Crippen LogP contribution in [-0.2, 0) is 11.2 Å². The van der Waals surface area contributed by atoms with Gasteiger partial charge in [-0.2, -0.15) is 0 Å². The summed E-state index contributed by atoms with van der Waals surface area (Å²) in [5.41, 5.74) is 10.6. The number of nitrogens with one attached hydrogen (secondary N) is 1. The quantitative estimate of drug-likeness (QED) is 0.850. The second kappa shape index (κ2) is 4.73. The van der Waals surface area contributed by atoms with Gasteiger partial charge in [-0.25, -0.2) is 0 Å². The lowest BCUT2D eigenvalue weighted by molar-refractivity contribution is -0.123. The highest BCUT2D eigenvalue weighted by Gasteiger charge is 2.45. The minimum Gasteiger partial charge on any atom is -0.354 e. The Morgan fingerprint density at radius 2 is 1.94 bits per heavy atom. The number of carbonyl (C=O) groups excluding carboxylic acids is 1. The highest BCUT2D eigenvalue weighted by atomic mass is 16.2. The van der Waals surface area contributed by atoms with Crippen LogP contribution in [0.3, 0.4) is 0 Å². The Morgan fingerprint density at radius 1 is 1.28 bits per heavy atom. The summed E-state index contributed by atoms with van der Waals surface area (Å²) in [5.74, 6) is 0.00369. The first kappa shape index (κ1) is 13.1. The molecule has 1 saturated carbocycles. The van der Waals surface area contributed by atoms with Crippen molar-refractivity contribution in [2.24, 2.45) is 5.73 Å². The van der Waals surface area contributed by atoms with Gasteiger partial charge in [-0.05, 0) is 62.3 Å². The second-order valence-corrected chi connectivity index (χ2v) is 5.45. The molecule has 0 heterocycles. The average Bonchev–Trinajstić information content (AvgIpc) is 3.08. The van der Waals surface area contributed by atoms with Crippen molar-refractivity contribution in [3.63, 3.8) is 0 Å². The molecule has 1 fully saturated rings. The van der Waals surface area contributed by atoms with Gasteiger partial charge in [0.2, 0.25) is 5.91 Å². The standard InChI is InChI=1S/C15H22N2O/c1-10-4-5-13(12(3)11(10)2)6-9-17-14(18)15(16)7-8-15/h4-5H,6-9,16H2,1-3H3,(H,17,18). The molecule has 0 spiro atoms. The maximum Gasteiger partial charge on any atom is 0.240 e. The first-order chi connectivity index (χ1) is 8.44. The van der Waals surface area contributed by atoms with Crippen LogP contribution in [0.15, 0.2) is 12.1 Å². The number of aryl methyl sites for hydroxylation is 1. The van der Waals surface area contributed by atoms with Crippen molar-refractivity contribution in [1.29, 1.82) is 0 Å². The molecule has 18 heavy (non-hydrogen) atoms. The Balaban J connectivity index is 1.91. The second-order valence-electron chi connectivity index (χ2n) is 5.45. The Kier molecular flexibility index (Phi) is 3.44. The zero-order valence-electron chi connectivity index (χ0n) is 11.5. The van der Waals surface area contributed by atoms with E-state index in [0.717, 1.165) is 19.3 Å². The molecule has 0 unspecified atom stereocenters. The predicted octanol–water partition coefficient (Wildman–Crippen LogP) is 1.76. The van der Waals surface area contributed by atoms with E-state index in [-0.39, 0.29) is 5.91 Å². The lowest BCUT2D eigenvalue weighted by Gasteiger charge is -2.13. The highest BCUT2D eigenvalue weighted by molar-refractivity contribution is 5.88. The number of carbonyl (C=O) groups is 1. The Hall–Kier alpha value is -1.35. The number of benzene rings is 1. The Morgan fingerprint density at radius 3 is 2.56 bits per heavy atom. The molecule has 0 aliphatic heterocycles. The molecule has 1 aliphatic rings. The normalized spacial score (nSPS) is 16.4. The van der Waals surface area contributed by atoms with E-state index in [1.54, 1.807) is 0 Å². The lowest BCUT2D eigenvalue weighted by Crippen LogP contribution is -2.43. The molecule has 1 aromatic carbocycles. The number of amides is 1. The summed E-state index contributed by atoms with van der Waals surface area (Å²) in [6.07, 6.45) is 2.51. The lowest BCUT2D eigenvalue weighted by atomic mass is 9.97. The maximum absolute atomic E-state index is 11.7. The number of hydrogen-bond donors (Lipinski definition) is 2. The van der Waals surface area contributed by atoms with Crippen LogP contribution in [0.5, 0.6) is 0 Å². The van der Waals surface area contributed by atoms with Crippen LogP contribution in [0.1, 0.15) is 35.1 Å². The van der Waals surface area contributed by atoms with Gasteiger partial charge in [0.1, 0.15) is 0 Å². The molecule has 0 radical (unpaired) electrons. The first-order valence-electron chi connectivity index (χ1n) is 6.57. The van der Waals surface area contributed by atoms with E-state index < -0.39 is 5.54 Å². The maximum atomic E-state index is 11.7. The third-order valence-corrected chi connectivity index (χ3v) is 4.09. The third-order valence-electron chi connectivity index (χ3n) is 4.09. The first-order valence-corrected chi connectivity index (χ1v) is 6.57. The van der Waals surface area contributed by atoms with Gasteiger partial charge in [0.05, 0.1) is 5.54 Å². The molecule has 2 rings (SSSR count). The van der Waals surface area contributed by atoms with E-state index in [1.165, 1.54) is 22.3 Å². The van der Waals surface area contributed by atoms with Crippen LogP contribution in [0, 0.1) is 20.8 Å². The molecule has 0 aromatic heterocycles. The van der Waals surface area contributed by atoms with E-state index >= 15 is 0 Å². The van der Waals surface area contributed by atoms with E-state index in [0.29, 0.717) is 6.54 Å². The molecular formula is C15H22N2O. The van der Waals surface area contributed by atoms with Crippen LogP contribution in [-0.4, -0.2) is 18.0 Å². The van der Waals surface area contributed by atoms with Crippen molar-refractivity contribution in [3.8, 4) is 0 Å². The van der Waals surface area contributed by atoms with Gasteiger partial charge in [-0.3, -0.25) is 4.79 Å². The zero-order valence-corrected chi connectivity index (χ0v) is 11.5. The predicted molar refractivity (Wildman–Crippen MR) is 73.5 cm³/mol. The van der Waals surface area contributed by atoms with Gasteiger partial charge in [-0.15, -0.1) is 0 Å². The third kappa shape index (κ3) is 2.56. The van der Waals surface area contributed by atoms with E-state index in [2.05, 4.69) is 38.2 Å². The molecule has 1 aromatic rings. The average molecular weight is 246 g/mol. The molecule has 0 bridgehead atoms. The fraction of sp³-hybridized carbons (Fsp3) is 0.533. The smallest absolute Gasteiger partial charge is 0.240 e. The molecular weight excluding hydrogens is 224 g/mol. The fourth-order valence-corrected chi connectivity index (χ4v) is 2.13. The van der Waals surface area contributed by atoms with Gasteiger partial charge in [-0.1, -0.05) is 12.1 Å². The summed E-state index contributed by atoms with van der Waals surface area (Å²) in [6.45, 7) is 7.08. The molecule has 3 nitrogen and oxygen atoms in total. The van der Waals surface area contributed by atoms with Gasteiger partial charge in [0.25, 0.3) is 0 Å². The topological polar surface area (TPSA) is 55.1 Å². The van der Waals surface area contributed by atoms with Crippen molar-refractivity contribution < 1.29 is 4.79 Å². The number of rotatable bonds is 4. The van der Waals surface area contributed by atoms with Crippen LogP contribution >= 0.6 is 0 Å². The largest absolute Gasteiger partial charge is 0.354 e. The summed E-state index contributed by atoms with van der Waals surface area (Å²) < 4.78 is 0. The minimum absolute atomic E-state index is 0.00369. The van der Waals surface area contributed by atoms with Crippen molar-refractivity contribution in [1.82, 2.24) is 5.32 Å². The summed E-state index contributed by atoms with van der Waals surface area (Å²) >= 11 is 0. The monoisotopic (exact) mass is 246 g/mol. The molecule has 98 valence electrons. The van der Waals surface area contributed by atoms with Crippen LogP contribution in [0.25, 0.3) is 0 Å². The number of hydrogen-bond acceptors (Lipinski definition) is 2. The molecule has 3 N–H and O–H groups in total. The van der Waals surface area contributed by atoms with Crippen molar-refractivity contribution in [2.45, 2.75) is 45.6 Å². The molecule has 1 amide bonds. The van der Waals surface area contributed by atoms with Crippen molar-refractivity contribution in [2.75, 3.05) is 6.54 Å². The van der Waals surface area contributed by atoms with Gasteiger partial charge in [0, 0.05) is 6.54 Å². The Bertz CT molecular complexity index is 476. The SMILES string of the molecule is Cc1ccc(CCNC(=O)C2(N)CC2)c(C)c1C. The summed E-state index contributed by atoms with van der Waals surface area (Å²) in [7, 11) is 0.